The third kappa shape index (κ3) is 5.07. The number of hydrogen-bond donors (Lipinski definition) is 1. The van der Waals surface area contributed by atoms with Crippen LogP contribution in [0.15, 0.2) is 0 Å². The Hall–Kier alpha value is -0.0800. The van der Waals surface area contributed by atoms with Gasteiger partial charge in [-0.3, -0.25) is 4.90 Å². The van der Waals surface area contributed by atoms with Crippen LogP contribution in [0.2, 0.25) is 0 Å². The van der Waals surface area contributed by atoms with Crippen LogP contribution in [0, 0.1) is 5.92 Å². The second kappa shape index (κ2) is 8.97. The molecule has 3 unspecified atom stereocenters. The van der Waals surface area contributed by atoms with Crippen molar-refractivity contribution in [3.8, 4) is 0 Å². The summed E-state index contributed by atoms with van der Waals surface area (Å²) in [5, 5.41) is 3.74. The zero-order chi connectivity index (χ0) is 14.3. The van der Waals surface area contributed by atoms with E-state index in [4.69, 9.17) is 0 Å². The maximum atomic E-state index is 3.74. The highest BCUT2D eigenvalue weighted by molar-refractivity contribution is 4.90. The zero-order valence-electron chi connectivity index (χ0n) is 13.9. The molecule has 0 aromatic heterocycles. The van der Waals surface area contributed by atoms with Gasteiger partial charge in [0.1, 0.15) is 0 Å². The molecule has 1 aliphatic rings. The number of nitrogens with zero attached hydrogens (tertiary/aromatic N) is 1. The third-order valence-electron chi connectivity index (χ3n) is 4.72. The van der Waals surface area contributed by atoms with E-state index in [1.807, 2.05) is 0 Å². The van der Waals surface area contributed by atoms with E-state index in [0.29, 0.717) is 6.04 Å². The van der Waals surface area contributed by atoms with E-state index in [1.54, 1.807) is 0 Å². The molecular formula is C17H36N2. The van der Waals surface area contributed by atoms with Gasteiger partial charge in [0.05, 0.1) is 0 Å². The molecule has 1 saturated heterocycles. The van der Waals surface area contributed by atoms with Gasteiger partial charge in [-0.1, -0.05) is 53.9 Å². The predicted octanol–water partition coefficient (Wildman–Crippen LogP) is 4.05. The van der Waals surface area contributed by atoms with E-state index in [1.165, 1.54) is 51.6 Å². The van der Waals surface area contributed by atoms with Gasteiger partial charge in [-0.25, -0.2) is 0 Å². The standard InChI is InChI=1S/C17H36N2/c1-6-9-11-16(10-7-2)19-13-15(8-3)18-12-17(19)14(4)5/h14-18H,6-13H2,1-5H3. The van der Waals surface area contributed by atoms with Crippen molar-refractivity contribution < 1.29 is 0 Å². The summed E-state index contributed by atoms with van der Waals surface area (Å²) in [4.78, 5) is 2.86. The lowest BCUT2D eigenvalue weighted by Gasteiger charge is -2.46. The fraction of sp³-hybridized carbons (Fsp3) is 1.00. The van der Waals surface area contributed by atoms with E-state index in [9.17, 15) is 0 Å². The highest BCUT2D eigenvalue weighted by Gasteiger charge is 2.33. The van der Waals surface area contributed by atoms with E-state index in [2.05, 4.69) is 44.8 Å². The molecule has 114 valence electrons. The van der Waals surface area contributed by atoms with Gasteiger partial charge in [-0.05, 0) is 25.2 Å². The van der Waals surface area contributed by atoms with Crippen LogP contribution in [-0.4, -0.2) is 36.1 Å². The molecule has 19 heavy (non-hydrogen) atoms. The highest BCUT2D eigenvalue weighted by atomic mass is 15.3. The van der Waals surface area contributed by atoms with E-state index in [-0.39, 0.29) is 0 Å². The molecule has 0 radical (unpaired) electrons. The molecule has 0 bridgehead atoms. The Bertz CT molecular complexity index is 227. The molecule has 3 atom stereocenters. The monoisotopic (exact) mass is 268 g/mol. The van der Waals surface area contributed by atoms with Crippen molar-refractivity contribution in [2.45, 2.75) is 91.3 Å². The fourth-order valence-corrected chi connectivity index (χ4v) is 3.42. The van der Waals surface area contributed by atoms with E-state index in [0.717, 1.165) is 18.0 Å². The molecule has 0 spiro atoms. The van der Waals surface area contributed by atoms with Crippen molar-refractivity contribution in [3.05, 3.63) is 0 Å². The summed E-state index contributed by atoms with van der Waals surface area (Å²) in [5.74, 6) is 0.756. The minimum absolute atomic E-state index is 0.705. The highest BCUT2D eigenvalue weighted by Crippen LogP contribution is 2.24. The second-order valence-electron chi connectivity index (χ2n) is 6.61. The normalized spacial score (nSPS) is 26.8. The number of nitrogens with one attached hydrogen (secondary N) is 1. The summed E-state index contributed by atoms with van der Waals surface area (Å²) < 4.78 is 0. The topological polar surface area (TPSA) is 15.3 Å². The van der Waals surface area contributed by atoms with Gasteiger partial charge in [-0.2, -0.15) is 0 Å². The average Bonchev–Trinajstić information content (AvgIpc) is 2.42. The molecule has 0 aromatic carbocycles. The molecule has 0 aromatic rings. The molecule has 1 aliphatic heterocycles. The minimum Gasteiger partial charge on any atom is -0.311 e. The number of hydrogen-bond acceptors (Lipinski definition) is 2. The van der Waals surface area contributed by atoms with Gasteiger partial charge in [0.25, 0.3) is 0 Å². The molecular weight excluding hydrogens is 232 g/mol. The fourth-order valence-electron chi connectivity index (χ4n) is 3.42. The maximum Gasteiger partial charge on any atom is 0.0247 e. The minimum atomic E-state index is 0.705. The quantitative estimate of drug-likeness (QED) is 0.714. The van der Waals surface area contributed by atoms with Crippen LogP contribution >= 0.6 is 0 Å². The Morgan fingerprint density at radius 1 is 1.11 bits per heavy atom. The second-order valence-corrected chi connectivity index (χ2v) is 6.61. The summed E-state index contributed by atoms with van der Waals surface area (Å²) >= 11 is 0. The first kappa shape index (κ1) is 17.0. The predicted molar refractivity (Wildman–Crippen MR) is 85.6 cm³/mol. The Kier molecular flexibility index (Phi) is 8.01. The molecule has 2 heteroatoms. The molecule has 0 aliphatic carbocycles. The van der Waals surface area contributed by atoms with Crippen molar-refractivity contribution >= 4 is 0 Å². The van der Waals surface area contributed by atoms with Crippen molar-refractivity contribution in [2.24, 2.45) is 5.92 Å². The lowest BCUT2D eigenvalue weighted by Crippen LogP contribution is -2.60. The number of piperazine rings is 1. The van der Waals surface area contributed by atoms with Crippen molar-refractivity contribution in [2.75, 3.05) is 13.1 Å². The van der Waals surface area contributed by atoms with E-state index >= 15 is 0 Å². The SMILES string of the molecule is CCCCC(CCC)N1CC(CC)NCC1C(C)C. The third-order valence-corrected chi connectivity index (χ3v) is 4.72. The van der Waals surface area contributed by atoms with Gasteiger partial charge >= 0.3 is 0 Å². The first-order chi connectivity index (χ1) is 9.13. The number of unbranched alkanes of at least 4 members (excludes halogenated alkanes) is 1. The van der Waals surface area contributed by atoms with Crippen molar-refractivity contribution in [3.63, 3.8) is 0 Å². The van der Waals surface area contributed by atoms with E-state index < -0.39 is 0 Å². The zero-order valence-corrected chi connectivity index (χ0v) is 13.9. The Balaban J connectivity index is 2.72. The molecule has 0 amide bonds. The molecule has 1 rings (SSSR count). The van der Waals surface area contributed by atoms with Crippen LogP contribution in [-0.2, 0) is 0 Å². The lowest BCUT2D eigenvalue weighted by molar-refractivity contribution is 0.0457. The number of rotatable bonds is 8. The van der Waals surface area contributed by atoms with Gasteiger partial charge < -0.3 is 5.32 Å². The van der Waals surface area contributed by atoms with Crippen LogP contribution < -0.4 is 5.32 Å². The summed E-state index contributed by atoms with van der Waals surface area (Å²) in [5.41, 5.74) is 0. The van der Waals surface area contributed by atoms with Crippen molar-refractivity contribution in [1.29, 1.82) is 0 Å². The summed E-state index contributed by atoms with van der Waals surface area (Å²) in [6.07, 6.45) is 8.06. The smallest absolute Gasteiger partial charge is 0.0247 e. The maximum absolute atomic E-state index is 3.74. The Morgan fingerprint density at radius 2 is 1.84 bits per heavy atom. The van der Waals surface area contributed by atoms with Crippen LogP contribution in [0.1, 0.15) is 73.1 Å². The molecule has 2 nitrogen and oxygen atoms in total. The summed E-state index contributed by atoms with van der Waals surface area (Å²) in [6.45, 7) is 14.2. The van der Waals surface area contributed by atoms with Gasteiger partial charge in [0.2, 0.25) is 0 Å². The van der Waals surface area contributed by atoms with Crippen LogP contribution in [0.4, 0.5) is 0 Å². The van der Waals surface area contributed by atoms with Crippen LogP contribution in [0.5, 0.6) is 0 Å². The molecule has 1 heterocycles. The van der Waals surface area contributed by atoms with Crippen LogP contribution in [0.25, 0.3) is 0 Å². The van der Waals surface area contributed by atoms with Gasteiger partial charge in [-0.15, -0.1) is 0 Å². The van der Waals surface area contributed by atoms with Crippen molar-refractivity contribution in [1.82, 2.24) is 10.2 Å². The first-order valence-corrected chi connectivity index (χ1v) is 8.63. The molecule has 0 saturated carbocycles. The lowest BCUT2D eigenvalue weighted by atomic mass is 9.92. The molecule has 1 fully saturated rings. The average molecular weight is 268 g/mol. The summed E-state index contributed by atoms with van der Waals surface area (Å²) in [6, 6.07) is 2.25. The van der Waals surface area contributed by atoms with Gasteiger partial charge in [0, 0.05) is 31.2 Å². The Morgan fingerprint density at radius 3 is 2.37 bits per heavy atom. The van der Waals surface area contributed by atoms with Gasteiger partial charge in [0.15, 0.2) is 0 Å². The first-order valence-electron chi connectivity index (χ1n) is 8.63. The summed E-state index contributed by atoms with van der Waals surface area (Å²) in [7, 11) is 0. The molecule has 1 N–H and O–H groups in total. The Labute approximate surface area is 121 Å². The largest absolute Gasteiger partial charge is 0.311 e. The van der Waals surface area contributed by atoms with Crippen LogP contribution in [0.3, 0.4) is 0 Å².